The van der Waals surface area contributed by atoms with E-state index in [1.54, 1.807) is 13.0 Å². The maximum atomic E-state index is 11.6. The van der Waals surface area contributed by atoms with Gasteiger partial charge in [-0.15, -0.1) is 6.58 Å². The zero-order valence-electron chi connectivity index (χ0n) is 12.3. The van der Waals surface area contributed by atoms with Gasteiger partial charge in [0.25, 0.3) is 0 Å². The first-order chi connectivity index (χ1) is 10.2. The van der Waals surface area contributed by atoms with Crippen LogP contribution in [-0.2, 0) is 16.1 Å². The molecular formula is C17H20N2O2. The van der Waals surface area contributed by atoms with Crippen LogP contribution in [0.1, 0.15) is 12.6 Å². The molecule has 4 heteroatoms. The van der Waals surface area contributed by atoms with E-state index in [0.29, 0.717) is 19.7 Å². The maximum absolute atomic E-state index is 11.6. The molecule has 0 aliphatic heterocycles. The predicted molar refractivity (Wildman–Crippen MR) is 83.9 cm³/mol. The molecule has 0 aliphatic carbocycles. The first-order valence-electron chi connectivity index (χ1n) is 7.06. The van der Waals surface area contributed by atoms with Gasteiger partial charge in [-0.1, -0.05) is 30.3 Å². The van der Waals surface area contributed by atoms with Crippen LogP contribution in [0.25, 0.3) is 10.9 Å². The molecule has 1 heterocycles. The van der Waals surface area contributed by atoms with Crippen molar-refractivity contribution in [1.82, 2.24) is 9.88 Å². The van der Waals surface area contributed by atoms with Crippen molar-refractivity contribution in [2.24, 2.45) is 0 Å². The van der Waals surface area contributed by atoms with Crippen molar-refractivity contribution in [3.63, 3.8) is 0 Å². The van der Waals surface area contributed by atoms with E-state index < -0.39 is 0 Å². The molecule has 0 amide bonds. The van der Waals surface area contributed by atoms with Crippen LogP contribution in [0, 0.1) is 0 Å². The van der Waals surface area contributed by atoms with E-state index in [-0.39, 0.29) is 12.5 Å². The molecule has 0 spiro atoms. The van der Waals surface area contributed by atoms with Gasteiger partial charge in [-0.05, 0) is 19.1 Å². The monoisotopic (exact) mass is 284 g/mol. The van der Waals surface area contributed by atoms with Crippen LogP contribution in [0.5, 0.6) is 0 Å². The van der Waals surface area contributed by atoms with Crippen molar-refractivity contribution in [3.8, 4) is 0 Å². The van der Waals surface area contributed by atoms with Crippen LogP contribution in [0.2, 0.25) is 0 Å². The Morgan fingerprint density at radius 1 is 1.33 bits per heavy atom. The molecule has 0 radical (unpaired) electrons. The average molecular weight is 284 g/mol. The highest BCUT2D eigenvalue weighted by molar-refractivity contribution is 5.78. The quantitative estimate of drug-likeness (QED) is 0.579. The molecule has 0 unspecified atom stereocenters. The summed E-state index contributed by atoms with van der Waals surface area (Å²) in [6.45, 7) is 7.39. The Morgan fingerprint density at radius 2 is 2.14 bits per heavy atom. The first kappa shape index (κ1) is 15.2. The number of carbonyl (C=O) groups excluding carboxylic acids is 1. The van der Waals surface area contributed by atoms with Gasteiger partial charge in [-0.2, -0.15) is 0 Å². The third-order valence-electron chi connectivity index (χ3n) is 3.09. The number of pyridine rings is 1. The summed E-state index contributed by atoms with van der Waals surface area (Å²) >= 11 is 0. The lowest BCUT2D eigenvalue weighted by Gasteiger charge is -2.19. The molecule has 0 fully saturated rings. The fourth-order valence-corrected chi connectivity index (χ4v) is 2.18. The van der Waals surface area contributed by atoms with Gasteiger partial charge in [0.1, 0.15) is 0 Å². The van der Waals surface area contributed by atoms with Crippen molar-refractivity contribution in [3.05, 3.63) is 54.7 Å². The van der Waals surface area contributed by atoms with E-state index in [1.807, 2.05) is 41.3 Å². The smallest absolute Gasteiger partial charge is 0.320 e. The van der Waals surface area contributed by atoms with E-state index in [2.05, 4.69) is 11.6 Å². The summed E-state index contributed by atoms with van der Waals surface area (Å²) in [6, 6.07) is 12.0. The molecule has 0 aliphatic rings. The second-order valence-corrected chi connectivity index (χ2v) is 4.76. The summed E-state index contributed by atoms with van der Waals surface area (Å²) in [5.41, 5.74) is 1.89. The van der Waals surface area contributed by atoms with Gasteiger partial charge in [0.15, 0.2) is 0 Å². The highest BCUT2D eigenvalue weighted by Gasteiger charge is 2.11. The molecule has 110 valence electrons. The van der Waals surface area contributed by atoms with Gasteiger partial charge in [0.05, 0.1) is 24.4 Å². The molecule has 2 aromatic rings. The van der Waals surface area contributed by atoms with Crippen LogP contribution in [0.4, 0.5) is 0 Å². The number of benzene rings is 1. The minimum Gasteiger partial charge on any atom is -0.465 e. The largest absolute Gasteiger partial charge is 0.465 e. The van der Waals surface area contributed by atoms with E-state index in [1.165, 1.54) is 0 Å². The molecule has 21 heavy (non-hydrogen) atoms. The number of hydrogen-bond acceptors (Lipinski definition) is 4. The molecule has 0 bridgehead atoms. The number of hydrogen-bond donors (Lipinski definition) is 0. The Morgan fingerprint density at radius 3 is 2.90 bits per heavy atom. The maximum Gasteiger partial charge on any atom is 0.320 e. The lowest BCUT2D eigenvalue weighted by molar-refractivity contribution is -0.144. The average Bonchev–Trinajstić information content (AvgIpc) is 2.47. The molecule has 1 aromatic heterocycles. The SMILES string of the molecule is C=CCN(CC(=O)OCC)Cc1ccc2ccccc2n1. The number of ether oxygens (including phenoxy) is 1. The molecule has 4 nitrogen and oxygen atoms in total. The standard InChI is InChI=1S/C17H20N2O2/c1-3-11-19(13-17(20)21-4-2)12-15-10-9-14-7-5-6-8-16(14)18-15/h3,5-10H,1,4,11-13H2,2H3. The van der Waals surface area contributed by atoms with Crippen molar-refractivity contribution in [2.75, 3.05) is 19.7 Å². The normalized spacial score (nSPS) is 10.8. The van der Waals surface area contributed by atoms with Crippen LogP contribution in [0.15, 0.2) is 49.1 Å². The minimum absolute atomic E-state index is 0.222. The highest BCUT2D eigenvalue weighted by Crippen LogP contribution is 2.13. The van der Waals surface area contributed by atoms with Gasteiger partial charge in [-0.3, -0.25) is 14.7 Å². The highest BCUT2D eigenvalue weighted by atomic mass is 16.5. The van der Waals surface area contributed by atoms with E-state index in [0.717, 1.165) is 16.6 Å². The van der Waals surface area contributed by atoms with E-state index in [4.69, 9.17) is 4.74 Å². The summed E-state index contributed by atoms with van der Waals surface area (Å²) in [5.74, 6) is -0.222. The molecular weight excluding hydrogens is 264 g/mol. The van der Waals surface area contributed by atoms with Crippen molar-refractivity contribution < 1.29 is 9.53 Å². The Hall–Kier alpha value is -2.20. The summed E-state index contributed by atoms with van der Waals surface area (Å²) in [4.78, 5) is 18.2. The number of fused-ring (bicyclic) bond motifs is 1. The lowest BCUT2D eigenvalue weighted by Crippen LogP contribution is -2.31. The fraction of sp³-hybridized carbons (Fsp3) is 0.294. The molecule has 0 saturated carbocycles. The van der Waals surface area contributed by atoms with Crippen molar-refractivity contribution >= 4 is 16.9 Å². The molecule has 0 atom stereocenters. The Balaban J connectivity index is 2.10. The number of rotatable bonds is 7. The number of nitrogens with zero attached hydrogens (tertiary/aromatic N) is 2. The van der Waals surface area contributed by atoms with Gasteiger partial charge >= 0.3 is 5.97 Å². The van der Waals surface area contributed by atoms with Gasteiger partial charge in [-0.25, -0.2) is 0 Å². The van der Waals surface area contributed by atoms with Crippen LogP contribution in [-0.4, -0.2) is 35.5 Å². The second-order valence-electron chi connectivity index (χ2n) is 4.76. The number of para-hydroxylation sites is 1. The predicted octanol–water partition coefficient (Wildman–Crippen LogP) is 2.79. The Kier molecular flexibility index (Phi) is 5.46. The zero-order chi connectivity index (χ0) is 15.1. The first-order valence-corrected chi connectivity index (χ1v) is 7.06. The van der Waals surface area contributed by atoms with Crippen LogP contribution >= 0.6 is 0 Å². The third-order valence-corrected chi connectivity index (χ3v) is 3.09. The van der Waals surface area contributed by atoms with Crippen LogP contribution in [0.3, 0.4) is 0 Å². The Labute approximate surface area is 125 Å². The number of esters is 1. The second kappa shape index (κ2) is 7.55. The molecule has 1 aromatic carbocycles. The minimum atomic E-state index is -0.222. The zero-order valence-corrected chi connectivity index (χ0v) is 12.3. The lowest BCUT2D eigenvalue weighted by atomic mass is 10.2. The van der Waals surface area contributed by atoms with E-state index >= 15 is 0 Å². The summed E-state index contributed by atoms with van der Waals surface area (Å²) in [6.07, 6.45) is 1.78. The molecule has 0 saturated heterocycles. The van der Waals surface area contributed by atoms with E-state index in [9.17, 15) is 4.79 Å². The number of aromatic nitrogens is 1. The third kappa shape index (κ3) is 4.39. The van der Waals surface area contributed by atoms with Crippen LogP contribution < -0.4 is 0 Å². The van der Waals surface area contributed by atoms with Crippen molar-refractivity contribution in [1.29, 1.82) is 0 Å². The van der Waals surface area contributed by atoms with Gasteiger partial charge in [0, 0.05) is 18.5 Å². The summed E-state index contributed by atoms with van der Waals surface area (Å²) < 4.78 is 4.99. The fourth-order valence-electron chi connectivity index (χ4n) is 2.18. The summed E-state index contributed by atoms with van der Waals surface area (Å²) in [7, 11) is 0. The molecule has 2 rings (SSSR count). The number of carbonyl (C=O) groups is 1. The van der Waals surface area contributed by atoms with Gasteiger partial charge in [0.2, 0.25) is 0 Å². The topological polar surface area (TPSA) is 42.4 Å². The Bertz CT molecular complexity index is 625. The van der Waals surface area contributed by atoms with Crippen molar-refractivity contribution in [2.45, 2.75) is 13.5 Å². The van der Waals surface area contributed by atoms with Gasteiger partial charge < -0.3 is 4.74 Å². The summed E-state index contributed by atoms with van der Waals surface area (Å²) in [5, 5.41) is 1.11. The molecule has 0 N–H and O–H groups in total.